The highest BCUT2D eigenvalue weighted by Crippen LogP contribution is 2.27. The lowest BCUT2D eigenvalue weighted by Crippen LogP contribution is -2.31. The number of rotatable bonds is 2. The van der Waals surface area contributed by atoms with Gasteiger partial charge in [0.1, 0.15) is 0 Å². The van der Waals surface area contributed by atoms with E-state index in [1.54, 1.807) is 0 Å². The molecule has 0 radical (unpaired) electrons. The van der Waals surface area contributed by atoms with Crippen LogP contribution in [0.25, 0.3) is 0 Å². The third-order valence-electron chi connectivity index (χ3n) is 3.63. The number of nitrogens with zero attached hydrogens (tertiary/aromatic N) is 1. The third kappa shape index (κ3) is 1.92. The van der Waals surface area contributed by atoms with E-state index >= 15 is 0 Å². The first-order chi connectivity index (χ1) is 6.66. The molecule has 1 saturated heterocycles. The van der Waals surface area contributed by atoms with Gasteiger partial charge in [-0.1, -0.05) is 6.92 Å². The van der Waals surface area contributed by atoms with Gasteiger partial charge in [-0.05, 0) is 31.6 Å². The molecular weight excluding hydrogens is 176 g/mol. The van der Waals surface area contributed by atoms with Crippen LogP contribution in [0.2, 0.25) is 0 Å². The van der Waals surface area contributed by atoms with Crippen LogP contribution in [0, 0.1) is 11.8 Å². The van der Waals surface area contributed by atoms with Gasteiger partial charge < -0.3 is 10.6 Å². The van der Waals surface area contributed by atoms with Gasteiger partial charge >= 0.3 is 0 Å². The lowest BCUT2D eigenvalue weighted by Gasteiger charge is -2.20. The molecule has 2 rings (SSSR count). The van der Waals surface area contributed by atoms with Crippen molar-refractivity contribution in [3.63, 3.8) is 0 Å². The van der Waals surface area contributed by atoms with Crippen LogP contribution in [-0.4, -0.2) is 29.9 Å². The quantitative estimate of drug-likeness (QED) is 0.715. The fraction of sp³-hybridized carbons (Fsp3) is 0.909. The molecule has 3 unspecified atom stereocenters. The molecule has 3 nitrogen and oxygen atoms in total. The van der Waals surface area contributed by atoms with Gasteiger partial charge in [0.15, 0.2) is 0 Å². The second-order valence-electron chi connectivity index (χ2n) is 4.91. The maximum absolute atomic E-state index is 11.7. The number of amides is 1. The molecule has 2 fully saturated rings. The fourth-order valence-corrected chi connectivity index (χ4v) is 2.67. The highest BCUT2D eigenvalue weighted by Gasteiger charge is 2.31. The maximum atomic E-state index is 11.7. The normalized spacial score (nSPS) is 38.3. The van der Waals surface area contributed by atoms with Crippen molar-refractivity contribution >= 4 is 5.91 Å². The molecule has 1 heterocycles. The Hall–Kier alpha value is -0.570. The van der Waals surface area contributed by atoms with Crippen molar-refractivity contribution < 1.29 is 4.79 Å². The average Bonchev–Trinajstić information content (AvgIpc) is 2.67. The Morgan fingerprint density at radius 1 is 1.43 bits per heavy atom. The lowest BCUT2D eigenvalue weighted by atomic mass is 10.1. The van der Waals surface area contributed by atoms with E-state index in [9.17, 15) is 4.79 Å². The molecule has 1 aliphatic carbocycles. The summed E-state index contributed by atoms with van der Waals surface area (Å²) in [5.74, 6) is 1.27. The monoisotopic (exact) mass is 196 g/mol. The Labute approximate surface area is 85.6 Å². The summed E-state index contributed by atoms with van der Waals surface area (Å²) in [5.41, 5.74) is 5.86. The van der Waals surface area contributed by atoms with Crippen LogP contribution in [0.4, 0.5) is 0 Å². The highest BCUT2D eigenvalue weighted by atomic mass is 16.2. The Kier molecular flexibility index (Phi) is 2.77. The number of carbonyl (C=O) groups excluding carboxylic acids is 1. The van der Waals surface area contributed by atoms with Gasteiger partial charge in [0.05, 0.1) is 0 Å². The molecule has 3 atom stereocenters. The zero-order valence-electron chi connectivity index (χ0n) is 8.91. The van der Waals surface area contributed by atoms with E-state index in [1.165, 1.54) is 6.42 Å². The van der Waals surface area contributed by atoms with Crippen molar-refractivity contribution in [3.05, 3.63) is 0 Å². The number of hydrogen-bond donors (Lipinski definition) is 1. The number of nitrogens with two attached hydrogens (primary N) is 1. The summed E-state index contributed by atoms with van der Waals surface area (Å²) < 4.78 is 0. The predicted molar refractivity (Wildman–Crippen MR) is 55.7 cm³/mol. The molecule has 0 aromatic rings. The van der Waals surface area contributed by atoms with Gasteiger partial charge in [-0.3, -0.25) is 4.79 Å². The average molecular weight is 196 g/mol. The molecule has 0 bridgehead atoms. The summed E-state index contributed by atoms with van der Waals surface area (Å²) in [6, 6.07) is 0.384. The Bertz CT molecular complexity index is 229. The molecule has 3 heteroatoms. The molecule has 14 heavy (non-hydrogen) atoms. The summed E-state index contributed by atoms with van der Waals surface area (Å²) >= 11 is 0. The SMILES string of the molecule is CC1CCN(CC2CCC(N)C2)C1=O. The molecule has 2 N–H and O–H groups in total. The van der Waals surface area contributed by atoms with E-state index in [-0.39, 0.29) is 5.92 Å². The topological polar surface area (TPSA) is 46.3 Å². The Balaban J connectivity index is 1.83. The van der Waals surface area contributed by atoms with Crippen molar-refractivity contribution in [2.24, 2.45) is 17.6 Å². The molecular formula is C11H20N2O. The van der Waals surface area contributed by atoms with Crippen LogP contribution >= 0.6 is 0 Å². The van der Waals surface area contributed by atoms with E-state index in [1.807, 2.05) is 11.8 Å². The van der Waals surface area contributed by atoms with Gasteiger partial charge in [0.25, 0.3) is 0 Å². The minimum Gasteiger partial charge on any atom is -0.342 e. The Morgan fingerprint density at radius 2 is 2.21 bits per heavy atom. The van der Waals surface area contributed by atoms with E-state index in [4.69, 9.17) is 5.73 Å². The lowest BCUT2D eigenvalue weighted by molar-refractivity contribution is -0.131. The summed E-state index contributed by atoms with van der Waals surface area (Å²) in [6.07, 6.45) is 4.50. The number of carbonyl (C=O) groups is 1. The molecule has 0 aromatic carbocycles. The van der Waals surface area contributed by atoms with Crippen LogP contribution in [0.15, 0.2) is 0 Å². The summed E-state index contributed by atoms with van der Waals surface area (Å²) in [6.45, 7) is 3.95. The number of likely N-dealkylation sites (tertiary alicyclic amines) is 1. The highest BCUT2D eigenvalue weighted by molar-refractivity contribution is 5.80. The van der Waals surface area contributed by atoms with Crippen LogP contribution in [0.1, 0.15) is 32.6 Å². The zero-order chi connectivity index (χ0) is 10.1. The fourth-order valence-electron chi connectivity index (χ4n) is 2.67. The molecule has 80 valence electrons. The standard InChI is InChI=1S/C11H20N2O/c1-8-4-5-13(11(8)14)7-9-2-3-10(12)6-9/h8-10H,2-7,12H2,1H3. The second kappa shape index (κ2) is 3.89. The second-order valence-corrected chi connectivity index (χ2v) is 4.91. The smallest absolute Gasteiger partial charge is 0.225 e. The van der Waals surface area contributed by atoms with E-state index in [0.29, 0.717) is 17.9 Å². The van der Waals surface area contributed by atoms with Crippen molar-refractivity contribution in [2.45, 2.75) is 38.6 Å². The van der Waals surface area contributed by atoms with E-state index < -0.39 is 0 Å². The summed E-state index contributed by atoms with van der Waals surface area (Å²) in [5, 5.41) is 0. The maximum Gasteiger partial charge on any atom is 0.225 e. The molecule has 1 amide bonds. The summed E-state index contributed by atoms with van der Waals surface area (Å²) in [7, 11) is 0. The minimum atomic E-state index is 0.255. The molecule has 1 saturated carbocycles. The minimum absolute atomic E-state index is 0.255. The van der Waals surface area contributed by atoms with Crippen LogP contribution in [-0.2, 0) is 4.79 Å². The molecule has 0 spiro atoms. The van der Waals surface area contributed by atoms with Gasteiger partial charge in [0.2, 0.25) is 5.91 Å². The third-order valence-corrected chi connectivity index (χ3v) is 3.63. The van der Waals surface area contributed by atoms with Crippen molar-refractivity contribution in [1.29, 1.82) is 0 Å². The van der Waals surface area contributed by atoms with Gasteiger partial charge in [0, 0.05) is 25.0 Å². The zero-order valence-corrected chi connectivity index (χ0v) is 8.91. The summed E-state index contributed by atoms with van der Waals surface area (Å²) in [4.78, 5) is 13.7. The largest absolute Gasteiger partial charge is 0.342 e. The first-order valence-corrected chi connectivity index (χ1v) is 5.71. The van der Waals surface area contributed by atoms with Gasteiger partial charge in [-0.2, -0.15) is 0 Å². The van der Waals surface area contributed by atoms with Crippen LogP contribution in [0.5, 0.6) is 0 Å². The van der Waals surface area contributed by atoms with Crippen LogP contribution < -0.4 is 5.73 Å². The predicted octanol–water partition coefficient (Wildman–Crippen LogP) is 0.982. The molecule has 2 aliphatic rings. The number of hydrogen-bond acceptors (Lipinski definition) is 2. The van der Waals surface area contributed by atoms with E-state index in [0.717, 1.165) is 32.4 Å². The van der Waals surface area contributed by atoms with E-state index in [2.05, 4.69) is 0 Å². The molecule has 0 aromatic heterocycles. The van der Waals surface area contributed by atoms with Crippen molar-refractivity contribution in [3.8, 4) is 0 Å². The van der Waals surface area contributed by atoms with Crippen molar-refractivity contribution in [1.82, 2.24) is 4.90 Å². The molecule has 1 aliphatic heterocycles. The first kappa shape index (κ1) is 9.97. The van der Waals surface area contributed by atoms with Gasteiger partial charge in [-0.15, -0.1) is 0 Å². The van der Waals surface area contributed by atoms with Gasteiger partial charge in [-0.25, -0.2) is 0 Å². The first-order valence-electron chi connectivity index (χ1n) is 5.71. The van der Waals surface area contributed by atoms with Crippen LogP contribution in [0.3, 0.4) is 0 Å². The van der Waals surface area contributed by atoms with Crippen molar-refractivity contribution in [2.75, 3.05) is 13.1 Å². The Morgan fingerprint density at radius 3 is 2.71 bits per heavy atom.